The Morgan fingerprint density at radius 1 is 1.33 bits per heavy atom. The van der Waals surface area contributed by atoms with E-state index in [0.717, 1.165) is 12.0 Å². The van der Waals surface area contributed by atoms with Crippen LogP contribution in [0.5, 0.6) is 0 Å². The number of aryl methyl sites for hydroxylation is 1. The van der Waals surface area contributed by atoms with Gasteiger partial charge < -0.3 is 5.73 Å². The molecule has 3 nitrogen and oxygen atoms in total. The van der Waals surface area contributed by atoms with Gasteiger partial charge in [-0.15, -0.1) is 0 Å². The lowest BCUT2D eigenvalue weighted by Gasteiger charge is -2.10. The molecule has 66 valence electrons. The summed E-state index contributed by atoms with van der Waals surface area (Å²) in [4.78, 5) is 0. The molecular weight excluding hydrogens is 150 g/mol. The molecule has 0 spiro atoms. The fourth-order valence-electron chi connectivity index (χ4n) is 1.06. The van der Waals surface area contributed by atoms with Gasteiger partial charge in [-0.05, 0) is 17.5 Å². The van der Waals surface area contributed by atoms with Gasteiger partial charge in [0.15, 0.2) is 0 Å². The van der Waals surface area contributed by atoms with Crippen LogP contribution < -0.4 is 17.0 Å². The van der Waals surface area contributed by atoms with Crippen LogP contribution in [0, 0.1) is 0 Å². The van der Waals surface area contributed by atoms with Gasteiger partial charge in [0.1, 0.15) is 0 Å². The molecule has 0 saturated heterocycles. The van der Waals surface area contributed by atoms with Crippen LogP contribution in [0.15, 0.2) is 24.3 Å². The maximum absolute atomic E-state index is 5.65. The van der Waals surface area contributed by atoms with Gasteiger partial charge in [-0.3, -0.25) is 5.84 Å². The average molecular weight is 165 g/mol. The van der Waals surface area contributed by atoms with Crippen molar-refractivity contribution < 1.29 is 0 Å². The van der Waals surface area contributed by atoms with Crippen LogP contribution in [0.3, 0.4) is 0 Å². The van der Waals surface area contributed by atoms with Crippen molar-refractivity contribution in [2.75, 3.05) is 0 Å². The smallest absolute Gasteiger partial charge is 0.0935 e. The van der Waals surface area contributed by atoms with Gasteiger partial charge >= 0.3 is 0 Å². The number of nitrogens with two attached hydrogens (primary N) is 2. The Labute approximate surface area is 72.7 Å². The molecular formula is C9H15N3. The third-order valence-electron chi connectivity index (χ3n) is 1.93. The van der Waals surface area contributed by atoms with E-state index in [9.17, 15) is 0 Å². The van der Waals surface area contributed by atoms with E-state index in [1.807, 2.05) is 12.1 Å². The van der Waals surface area contributed by atoms with Crippen LogP contribution in [0.25, 0.3) is 0 Å². The van der Waals surface area contributed by atoms with Crippen molar-refractivity contribution in [3.63, 3.8) is 0 Å². The van der Waals surface area contributed by atoms with E-state index < -0.39 is 0 Å². The van der Waals surface area contributed by atoms with Crippen molar-refractivity contribution in [1.29, 1.82) is 0 Å². The lowest BCUT2D eigenvalue weighted by atomic mass is 10.1. The molecule has 0 amide bonds. The van der Waals surface area contributed by atoms with Crippen LogP contribution in [-0.2, 0) is 6.42 Å². The van der Waals surface area contributed by atoms with Gasteiger partial charge in [0.05, 0.1) is 6.17 Å². The van der Waals surface area contributed by atoms with E-state index in [4.69, 9.17) is 11.6 Å². The van der Waals surface area contributed by atoms with E-state index in [0.29, 0.717) is 0 Å². The SMILES string of the molecule is CCc1ccc(C(N)NN)cc1. The Bertz CT molecular complexity index is 230. The van der Waals surface area contributed by atoms with E-state index in [2.05, 4.69) is 24.5 Å². The summed E-state index contributed by atoms with van der Waals surface area (Å²) in [5, 5.41) is 0. The fourth-order valence-corrected chi connectivity index (χ4v) is 1.06. The van der Waals surface area contributed by atoms with Crippen molar-refractivity contribution in [2.24, 2.45) is 11.6 Å². The number of nitrogens with one attached hydrogen (secondary N) is 1. The van der Waals surface area contributed by atoms with Crippen molar-refractivity contribution in [3.05, 3.63) is 35.4 Å². The van der Waals surface area contributed by atoms with Gasteiger partial charge in [0.2, 0.25) is 0 Å². The zero-order valence-corrected chi connectivity index (χ0v) is 7.25. The topological polar surface area (TPSA) is 64.1 Å². The summed E-state index contributed by atoms with van der Waals surface area (Å²) in [5.41, 5.74) is 10.5. The zero-order chi connectivity index (χ0) is 8.97. The first-order valence-corrected chi connectivity index (χ1v) is 4.08. The summed E-state index contributed by atoms with van der Waals surface area (Å²) in [7, 11) is 0. The maximum atomic E-state index is 5.65. The average Bonchev–Trinajstić information content (AvgIpc) is 2.17. The molecule has 1 unspecified atom stereocenters. The van der Waals surface area contributed by atoms with E-state index in [1.54, 1.807) is 0 Å². The van der Waals surface area contributed by atoms with Gasteiger partial charge in [0.25, 0.3) is 0 Å². The fraction of sp³-hybridized carbons (Fsp3) is 0.333. The lowest BCUT2D eigenvalue weighted by Crippen LogP contribution is -2.33. The van der Waals surface area contributed by atoms with Crippen molar-refractivity contribution in [1.82, 2.24) is 5.43 Å². The van der Waals surface area contributed by atoms with Crippen LogP contribution >= 0.6 is 0 Å². The molecule has 0 aliphatic rings. The third kappa shape index (κ3) is 2.04. The summed E-state index contributed by atoms with van der Waals surface area (Å²) in [6.07, 6.45) is 0.780. The minimum atomic E-state index is -0.268. The van der Waals surface area contributed by atoms with E-state index >= 15 is 0 Å². The molecule has 1 aromatic carbocycles. The second kappa shape index (κ2) is 4.21. The molecule has 0 bridgehead atoms. The van der Waals surface area contributed by atoms with Crippen molar-refractivity contribution in [2.45, 2.75) is 19.5 Å². The van der Waals surface area contributed by atoms with Gasteiger partial charge in [-0.25, -0.2) is 5.43 Å². The highest BCUT2D eigenvalue weighted by Crippen LogP contribution is 2.08. The number of hydrogen-bond donors (Lipinski definition) is 3. The molecule has 1 atom stereocenters. The standard InChI is InChI=1S/C9H15N3/c1-2-7-3-5-8(6-4-7)9(10)12-11/h3-6,9,12H,2,10-11H2,1H3. The van der Waals surface area contributed by atoms with Crippen LogP contribution in [0.1, 0.15) is 24.2 Å². The summed E-state index contributed by atoms with van der Waals surface area (Å²) in [5.74, 6) is 5.20. The highest BCUT2D eigenvalue weighted by Gasteiger charge is 2.00. The Morgan fingerprint density at radius 2 is 1.92 bits per heavy atom. The molecule has 0 aromatic heterocycles. The number of hydrazine groups is 1. The molecule has 0 radical (unpaired) electrons. The first-order valence-electron chi connectivity index (χ1n) is 4.08. The van der Waals surface area contributed by atoms with Crippen molar-refractivity contribution >= 4 is 0 Å². The minimum Gasteiger partial charge on any atom is -0.311 e. The normalized spacial score (nSPS) is 12.9. The molecule has 1 aromatic rings. The Hall–Kier alpha value is -0.900. The highest BCUT2D eigenvalue weighted by molar-refractivity contribution is 5.24. The minimum absolute atomic E-state index is 0.268. The lowest BCUT2D eigenvalue weighted by molar-refractivity contribution is 0.576. The van der Waals surface area contributed by atoms with Gasteiger partial charge in [-0.2, -0.15) is 0 Å². The summed E-state index contributed by atoms with van der Waals surface area (Å²) >= 11 is 0. The number of rotatable bonds is 3. The molecule has 0 aliphatic heterocycles. The Morgan fingerprint density at radius 3 is 2.33 bits per heavy atom. The van der Waals surface area contributed by atoms with Gasteiger partial charge in [-0.1, -0.05) is 31.2 Å². The first-order chi connectivity index (χ1) is 5.77. The summed E-state index contributed by atoms with van der Waals surface area (Å²) in [6.45, 7) is 2.12. The summed E-state index contributed by atoms with van der Waals surface area (Å²) < 4.78 is 0. The molecule has 0 saturated carbocycles. The van der Waals surface area contributed by atoms with Crippen molar-refractivity contribution in [3.8, 4) is 0 Å². The number of benzene rings is 1. The molecule has 3 heteroatoms. The molecule has 0 fully saturated rings. The Kier molecular flexibility index (Phi) is 3.22. The molecule has 1 rings (SSSR count). The van der Waals surface area contributed by atoms with Crippen LogP contribution in [0.4, 0.5) is 0 Å². The van der Waals surface area contributed by atoms with Crippen LogP contribution in [-0.4, -0.2) is 0 Å². The second-order valence-electron chi connectivity index (χ2n) is 2.74. The Balaban J connectivity index is 2.77. The molecule has 12 heavy (non-hydrogen) atoms. The second-order valence-corrected chi connectivity index (χ2v) is 2.74. The van der Waals surface area contributed by atoms with Gasteiger partial charge in [0, 0.05) is 0 Å². The van der Waals surface area contributed by atoms with E-state index in [-0.39, 0.29) is 6.17 Å². The number of hydrogen-bond acceptors (Lipinski definition) is 3. The first kappa shape index (κ1) is 9.19. The van der Waals surface area contributed by atoms with E-state index in [1.165, 1.54) is 5.56 Å². The molecule has 5 N–H and O–H groups in total. The monoisotopic (exact) mass is 165 g/mol. The van der Waals surface area contributed by atoms with Crippen LogP contribution in [0.2, 0.25) is 0 Å². The largest absolute Gasteiger partial charge is 0.311 e. The maximum Gasteiger partial charge on any atom is 0.0935 e. The molecule has 0 aliphatic carbocycles. The molecule has 0 heterocycles. The third-order valence-corrected chi connectivity index (χ3v) is 1.93. The predicted octanol–water partition coefficient (Wildman–Crippen LogP) is 0.670. The predicted molar refractivity (Wildman–Crippen MR) is 50.1 cm³/mol. The summed E-state index contributed by atoms with van der Waals surface area (Å²) in [6, 6.07) is 8.10. The zero-order valence-electron chi connectivity index (χ0n) is 7.25. The highest BCUT2D eigenvalue weighted by atomic mass is 15.3. The quantitative estimate of drug-likeness (QED) is 0.350.